The van der Waals surface area contributed by atoms with Crippen molar-refractivity contribution in [2.45, 2.75) is 53.6 Å². The molecule has 1 saturated carbocycles. The van der Waals surface area contributed by atoms with Crippen LogP contribution in [0.15, 0.2) is 48.8 Å². The van der Waals surface area contributed by atoms with Gasteiger partial charge >= 0.3 is 0 Å². The molecule has 7 nitrogen and oxygen atoms in total. The smallest absolute Gasteiger partial charge is 0.149 e. The molecule has 1 aromatic carbocycles. The van der Waals surface area contributed by atoms with E-state index in [1.165, 1.54) is 0 Å². The summed E-state index contributed by atoms with van der Waals surface area (Å²) in [6.45, 7) is 8.10. The van der Waals surface area contributed by atoms with E-state index in [9.17, 15) is 9.59 Å². The molecule has 190 valence electrons. The van der Waals surface area contributed by atoms with Gasteiger partial charge in [-0.1, -0.05) is 26.0 Å². The number of nitrogens with zero attached hydrogens (tertiary/aromatic N) is 4. The fourth-order valence-electron chi connectivity index (χ4n) is 5.24. The van der Waals surface area contributed by atoms with Gasteiger partial charge in [-0.2, -0.15) is 5.10 Å². The van der Waals surface area contributed by atoms with E-state index in [0.717, 1.165) is 44.7 Å². The number of aryl methyl sites for hydroxylation is 3. The van der Waals surface area contributed by atoms with Crippen LogP contribution >= 0.6 is 0 Å². The molecule has 3 heterocycles. The van der Waals surface area contributed by atoms with Gasteiger partial charge in [0.2, 0.25) is 0 Å². The van der Waals surface area contributed by atoms with Gasteiger partial charge in [0.05, 0.1) is 11.6 Å². The first-order valence-electron chi connectivity index (χ1n) is 12.7. The number of aromatic nitrogens is 4. The highest BCUT2D eigenvalue weighted by Gasteiger charge is 2.42. The van der Waals surface area contributed by atoms with Gasteiger partial charge in [-0.3, -0.25) is 19.3 Å². The Balaban J connectivity index is 1.47. The highest BCUT2D eigenvalue weighted by Crippen LogP contribution is 2.36. The lowest BCUT2D eigenvalue weighted by Gasteiger charge is -2.32. The molecule has 3 aromatic heterocycles. The molecule has 1 unspecified atom stereocenters. The molecular formula is C30H32N4O3. The first-order chi connectivity index (χ1) is 17.7. The molecule has 4 aromatic rings. The lowest BCUT2D eigenvalue weighted by molar-refractivity contribution is -0.142. The van der Waals surface area contributed by atoms with E-state index in [2.05, 4.69) is 16.1 Å². The molecular weight excluding hydrogens is 464 g/mol. The van der Waals surface area contributed by atoms with E-state index >= 15 is 0 Å². The van der Waals surface area contributed by atoms with Gasteiger partial charge in [0.25, 0.3) is 0 Å². The Morgan fingerprint density at radius 2 is 1.92 bits per heavy atom. The average molecular weight is 497 g/mol. The summed E-state index contributed by atoms with van der Waals surface area (Å²) in [6, 6.07) is 11.9. The normalized spacial score (nSPS) is 17.4. The van der Waals surface area contributed by atoms with Crippen molar-refractivity contribution in [2.75, 3.05) is 0 Å². The second-order valence-corrected chi connectivity index (χ2v) is 10.6. The maximum atomic E-state index is 13.1. The summed E-state index contributed by atoms with van der Waals surface area (Å²) < 4.78 is 8.22. The molecule has 0 amide bonds. The lowest BCUT2D eigenvalue weighted by Crippen LogP contribution is -2.42. The van der Waals surface area contributed by atoms with Crippen LogP contribution in [0.5, 0.6) is 5.75 Å². The van der Waals surface area contributed by atoms with Crippen molar-refractivity contribution in [3.05, 3.63) is 71.3 Å². The topological polar surface area (TPSA) is 87.0 Å². The van der Waals surface area contributed by atoms with Crippen molar-refractivity contribution < 1.29 is 14.3 Å². The zero-order chi connectivity index (χ0) is 26.3. The fraction of sp³-hybridized carbons (Fsp3) is 0.367. The summed E-state index contributed by atoms with van der Waals surface area (Å²) in [5, 5.41) is 5.31. The number of ether oxygens (including phenoxy) is 1. The number of para-hydroxylation sites is 1. The van der Waals surface area contributed by atoms with Gasteiger partial charge in [0, 0.05) is 65.6 Å². The van der Waals surface area contributed by atoms with Crippen molar-refractivity contribution in [1.29, 1.82) is 0 Å². The second-order valence-electron chi connectivity index (χ2n) is 10.6. The van der Waals surface area contributed by atoms with Crippen molar-refractivity contribution in [3.63, 3.8) is 0 Å². The SMILES string of the molecule is Cc1cc(-c2ccnn2C)c2cccc(OCc3c(C)ccnc3CC3C(=O)CCC(C)(C)C3=O)c2n1. The number of ketones is 2. The molecule has 1 atom stereocenters. The van der Waals surface area contributed by atoms with Crippen molar-refractivity contribution in [3.8, 4) is 17.0 Å². The quantitative estimate of drug-likeness (QED) is 0.335. The third-order valence-corrected chi connectivity index (χ3v) is 7.54. The standard InChI is InChI=1S/C30H32N4O3/c1-18-10-13-31-24(16-22-26(35)9-12-30(3,4)29(22)36)23(18)17-37-27-8-6-7-20-21(15-19(2)33-28(20)27)25-11-14-32-34(25)5/h6-8,10-11,13-15,22H,9,12,16-17H2,1-5H3. The summed E-state index contributed by atoms with van der Waals surface area (Å²) in [5.41, 5.74) is 5.88. The second kappa shape index (κ2) is 9.54. The zero-order valence-electron chi connectivity index (χ0n) is 22.0. The maximum absolute atomic E-state index is 13.1. The van der Waals surface area contributed by atoms with Crippen molar-refractivity contribution in [1.82, 2.24) is 19.7 Å². The van der Waals surface area contributed by atoms with Crippen LogP contribution in [0.3, 0.4) is 0 Å². The van der Waals surface area contributed by atoms with E-state index in [4.69, 9.17) is 9.72 Å². The number of fused-ring (bicyclic) bond motifs is 1. The highest BCUT2D eigenvalue weighted by molar-refractivity contribution is 6.07. The number of pyridine rings is 2. The average Bonchev–Trinajstić information content (AvgIpc) is 3.29. The molecule has 0 bridgehead atoms. The fourth-order valence-corrected chi connectivity index (χ4v) is 5.24. The molecule has 0 aliphatic heterocycles. The number of benzene rings is 1. The van der Waals surface area contributed by atoms with Crippen LogP contribution in [0.2, 0.25) is 0 Å². The van der Waals surface area contributed by atoms with Gasteiger partial charge in [0.1, 0.15) is 29.4 Å². The summed E-state index contributed by atoms with van der Waals surface area (Å²) in [4.78, 5) is 35.2. The van der Waals surface area contributed by atoms with E-state index < -0.39 is 11.3 Å². The lowest BCUT2D eigenvalue weighted by atomic mass is 9.69. The molecule has 1 aliphatic carbocycles. The summed E-state index contributed by atoms with van der Waals surface area (Å²) in [7, 11) is 1.92. The molecule has 0 N–H and O–H groups in total. The Hall–Kier alpha value is -3.87. The number of rotatable bonds is 6. The molecule has 0 saturated heterocycles. The Morgan fingerprint density at radius 1 is 1.11 bits per heavy atom. The minimum absolute atomic E-state index is 0.00958. The van der Waals surface area contributed by atoms with E-state index in [1.54, 1.807) is 12.4 Å². The van der Waals surface area contributed by atoms with Gasteiger partial charge in [0.15, 0.2) is 0 Å². The summed E-state index contributed by atoms with van der Waals surface area (Å²) in [5.74, 6) is 0.0381. The van der Waals surface area contributed by atoms with Crippen LogP contribution in [0.25, 0.3) is 22.2 Å². The van der Waals surface area contributed by atoms with Crippen molar-refractivity contribution in [2.24, 2.45) is 18.4 Å². The van der Waals surface area contributed by atoms with Gasteiger partial charge in [-0.25, -0.2) is 4.98 Å². The molecule has 5 rings (SSSR count). The van der Waals surface area contributed by atoms with Crippen LogP contribution in [-0.4, -0.2) is 31.3 Å². The van der Waals surface area contributed by atoms with Crippen LogP contribution in [0.4, 0.5) is 0 Å². The van der Waals surface area contributed by atoms with Gasteiger partial charge in [-0.05, 0) is 50.1 Å². The van der Waals surface area contributed by atoms with Gasteiger partial charge in [-0.15, -0.1) is 0 Å². The monoisotopic (exact) mass is 496 g/mol. The highest BCUT2D eigenvalue weighted by atomic mass is 16.5. The Kier molecular flexibility index (Phi) is 6.40. The molecule has 7 heteroatoms. The number of hydrogen-bond donors (Lipinski definition) is 0. The summed E-state index contributed by atoms with van der Waals surface area (Å²) in [6.07, 6.45) is 4.86. The van der Waals surface area contributed by atoms with Crippen molar-refractivity contribution >= 4 is 22.5 Å². The van der Waals surface area contributed by atoms with Crippen LogP contribution in [-0.2, 0) is 29.7 Å². The molecule has 0 spiro atoms. The summed E-state index contributed by atoms with van der Waals surface area (Å²) >= 11 is 0. The first kappa shape index (κ1) is 24.8. The van der Waals surface area contributed by atoms with Crippen LogP contribution in [0, 0.1) is 25.2 Å². The minimum atomic E-state index is -0.653. The van der Waals surface area contributed by atoms with Crippen LogP contribution in [0.1, 0.15) is 49.2 Å². The van der Waals surface area contributed by atoms with E-state index in [-0.39, 0.29) is 18.2 Å². The first-order valence-corrected chi connectivity index (χ1v) is 12.7. The third-order valence-electron chi connectivity index (χ3n) is 7.54. The molecule has 37 heavy (non-hydrogen) atoms. The third kappa shape index (κ3) is 4.66. The molecule has 0 radical (unpaired) electrons. The molecule has 1 aliphatic rings. The number of carbonyl (C=O) groups excluding carboxylic acids is 2. The van der Waals surface area contributed by atoms with E-state index in [0.29, 0.717) is 25.0 Å². The maximum Gasteiger partial charge on any atom is 0.149 e. The Labute approximate surface area is 216 Å². The largest absolute Gasteiger partial charge is 0.487 e. The predicted molar refractivity (Wildman–Crippen MR) is 142 cm³/mol. The minimum Gasteiger partial charge on any atom is -0.487 e. The number of Topliss-reactive ketones (excluding diaryl/α,β-unsaturated/α-hetero) is 2. The Bertz CT molecular complexity index is 1520. The number of carbonyl (C=O) groups is 2. The van der Waals surface area contributed by atoms with E-state index in [1.807, 2.05) is 69.8 Å². The number of hydrogen-bond acceptors (Lipinski definition) is 6. The van der Waals surface area contributed by atoms with Crippen LogP contribution < -0.4 is 4.74 Å². The molecule has 1 fully saturated rings. The zero-order valence-corrected chi connectivity index (χ0v) is 22.0. The van der Waals surface area contributed by atoms with Gasteiger partial charge < -0.3 is 4.74 Å². The predicted octanol–water partition coefficient (Wildman–Crippen LogP) is 5.34. The Morgan fingerprint density at radius 3 is 2.68 bits per heavy atom.